The molecule has 3 aromatic carbocycles. The van der Waals surface area contributed by atoms with Crippen molar-refractivity contribution in [3.63, 3.8) is 0 Å². The number of halogens is 1. The van der Waals surface area contributed by atoms with Gasteiger partial charge >= 0.3 is 0 Å². The summed E-state index contributed by atoms with van der Waals surface area (Å²) < 4.78 is 30.0. The second-order valence-electron chi connectivity index (χ2n) is 6.15. The summed E-state index contributed by atoms with van der Waals surface area (Å²) in [6.45, 7) is 0. The lowest BCUT2D eigenvalue weighted by molar-refractivity contribution is 0.355. The number of ether oxygens (including phenoxy) is 2. The van der Waals surface area contributed by atoms with Crippen molar-refractivity contribution >= 4 is 16.7 Å². The Balaban J connectivity index is 1.93. The fourth-order valence-corrected chi connectivity index (χ4v) is 3.00. The van der Waals surface area contributed by atoms with Gasteiger partial charge in [-0.25, -0.2) is 9.38 Å². The maximum atomic E-state index is 13.2. The maximum Gasteiger partial charge on any atom is 0.161 e. The Morgan fingerprint density at radius 1 is 0.821 bits per heavy atom. The highest BCUT2D eigenvalue weighted by atomic mass is 19.1. The standard InChI is InChI=1S/C23H18FNO3/c1-26-21-12-7-15(13-23(21)27-2)22-14-19(18-5-3-4-6-20(18)28-22)25-17-10-8-16(24)9-11-17/h3-14H,1-2H3. The molecule has 0 aliphatic heterocycles. The van der Waals surface area contributed by atoms with Crippen LogP contribution in [0.2, 0.25) is 0 Å². The molecule has 0 spiro atoms. The molecule has 0 fully saturated rings. The maximum absolute atomic E-state index is 13.2. The van der Waals surface area contributed by atoms with Gasteiger partial charge in [-0.05, 0) is 54.6 Å². The topological polar surface area (TPSA) is 44.0 Å². The van der Waals surface area contributed by atoms with Gasteiger partial charge in [0.1, 0.15) is 17.2 Å². The third-order valence-corrected chi connectivity index (χ3v) is 4.39. The number of hydrogen-bond donors (Lipinski definition) is 0. The monoisotopic (exact) mass is 375 g/mol. The summed E-state index contributed by atoms with van der Waals surface area (Å²) >= 11 is 0. The highest BCUT2D eigenvalue weighted by Gasteiger charge is 2.10. The Morgan fingerprint density at radius 3 is 2.32 bits per heavy atom. The van der Waals surface area contributed by atoms with Crippen LogP contribution in [0.5, 0.6) is 11.5 Å². The van der Waals surface area contributed by atoms with Crippen LogP contribution in [0, 0.1) is 5.82 Å². The minimum absolute atomic E-state index is 0.294. The Labute approximate surface area is 161 Å². The summed E-state index contributed by atoms with van der Waals surface area (Å²) in [6.07, 6.45) is 0. The summed E-state index contributed by atoms with van der Waals surface area (Å²) in [7, 11) is 3.19. The molecule has 0 atom stereocenters. The lowest BCUT2D eigenvalue weighted by atomic mass is 10.1. The van der Waals surface area contributed by atoms with Crippen LogP contribution in [-0.4, -0.2) is 14.2 Å². The van der Waals surface area contributed by atoms with Crippen molar-refractivity contribution in [3.05, 3.63) is 84.0 Å². The van der Waals surface area contributed by atoms with Crippen molar-refractivity contribution in [3.8, 4) is 22.8 Å². The van der Waals surface area contributed by atoms with E-state index in [1.54, 1.807) is 26.4 Å². The van der Waals surface area contributed by atoms with E-state index in [1.807, 2.05) is 48.5 Å². The molecule has 0 aliphatic carbocycles. The molecule has 4 rings (SSSR count). The molecule has 0 aliphatic rings. The summed E-state index contributed by atoms with van der Waals surface area (Å²) in [4.78, 5) is 4.69. The van der Waals surface area contributed by atoms with E-state index in [1.165, 1.54) is 12.1 Å². The molecular formula is C23H18FNO3. The average molecular weight is 375 g/mol. The van der Waals surface area contributed by atoms with Gasteiger partial charge in [-0.3, -0.25) is 0 Å². The predicted octanol–water partition coefficient (Wildman–Crippen LogP) is 5.49. The van der Waals surface area contributed by atoms with E-state index in [-0.39, 0.29) is 5.82 Å². The fourth-order valence-electron chi connectivity index (χ4n) is 3.00. The molecule has 28 heavy (non-hydrogen) atoms. The van der Waals surface area contributed by atoms with E-state index >= 15 is 0 Å². The van der Waals surface area contributed by atoms with Crippen LogP contribution in [0.4, 0.5) is 10.1 Å². The molecule has 0 amide bonds. The molecule has 0 saturated heterocycles. The van der Waals surface area contributed by atoms with E-state index in [9.17, 15) is 4.39 Å². The quantitative estimate of drug-likeness (QED) is 0.474. The van der Waals surface area contributed by atoms with Gasteiger partial charge in [0.2, 0.25) is 0 Å². The zero-order valence-corrected chi connectivity index (χ0v) is 15.5. The van der Waals surface area contributed by atoms with Gasteiger partial charge in [-0.2, -0.15) is 0 Å². The zero-order valence-electron chi connectivity index (χ0n) is 15.5. The second-order valence-corrected chi connectivity index (χ2v) is 6.15. The Morgan fingerprint density at radius 2 is 1.57 bits per heavy atom. The van der Waals surface area contributed by atoms with Crippen LogP contribution in [-0.2, 0) is 0 Å². The normalized spacial score (nSPS) is 11.6. The largest absolute Gasteiger partial charge is 0.493 e. The minimum Gasteiger partial charge on any atom is -0.493 e. The van der Waals surface area contributed by atoms with Gasteiger partial charge in [-0.15, -0.1) is 0 Å². The highest BCUT2D eigenvalue weighted by Crippen LogP contribution is 2.32. The summed E-state index contributed by atoms with van der Waals surface area (Å²) in [5, 5.41) is 1.61. The van der Waals surface area contributed by atoms with Crippen molar-refractivity contribution < 1.29 is 18.3 Å². The Kier molecular flexibility index (Phi) is 4.81. The summed E-state index contributed by atoms with van der Waals surface area (Å²) in [6, 6.07) is 21.2. The zero-order chi connectivity index (χ0) is 19.5. The Bertz CT molecular complexity index is 1200. The molecule has 0 N–H and O–H groups in total. The highest BCUT2D eigenvalue weighted by molar-refractivity contribution is 5.79. The fraction of sp³-hybridized carbons (Fsp3) is 0.0870. The van der Waals surface area contributed by atoms with Crippen LogP contribution in [0.25, 0.3) is 22.3 Å². The van der Waals surface area contributed by atoms with Crippen molar-refractivity contribution in [2.24, 2.45) is 4.99 Å². The molecule has 0 radical (unpaired) electrons. The van der Waals surface area contributed by atoms with E-state index < -0.39 is 0 Å². The van der Waals surface area contributed by atoms with Crippen molar-refractivity contribution in [2.45, 2.75) is 0 Å². The molecular weight excluding hydrogens is 357 g/mol. The average Bonchev–Trinajstić information content (AvgIpc) is 2.74. The second kappa shape index (κ2) is 7.56. The van der Waals surface area contributed by atoms with E-state index in [0.717, 1.165) is 16.3 Å². The molecule has 1 heterocycles. The van der Waals surface area contributed by atoms with Crippen LogP contribution >= 0.6 is 0 Å². The van der Waals surface area contributed by atoms with E-state index in [0.29, 0.717) is 28.5 Å². The van der Waals surface area contributed by atoms with Crippen LogP contribution in [0.3, 0.4) is 0 Å². The van der Waals surface area contributed by atoms with Crippen molar-refractivity contribution in [1.82, 2.24) is 0 Å². The first-order valence-electron chi connectivity index (χ1n) is 8.73. The van der Waals surface area contributed by atoms with Gasteiger partial charge in [0, 0.05) is 17.0 Å². The van der Waals surface area contributed by atoms with E-state index in [2.05, 4.69) is 0 Å². The molecule has 4 aromatic rings. The molecule has 0 unspecified atom stereocenters. The third-order valence-electron chi connectivity index (χ3n) is 4.39. The molecule has 4 nitrogen and oxygen atoms in total. The Hall–Kier alpha value is -3.60. The first-order valence-corrected chi connectivity index (χ1v) is 8.73. The van der Waals surface area contributed by atoms with Gasteiger partial charge in [-0.1, -0.05) is 12.1 Å². The number of benzene rings is 3. The molecule has 0 bridgehead atoms. The molecule has 1 aromatic heterocycles. The lowest BCUT2D eigenvalue weighted by Crippen LogP contribution is -2.03. The first kappa shape index (κ1) is 17.8. The lowest BCUT2D eigenvalue weighted by Gasteiger charge is -2.10. The number of fused-ring (bicyclic) bond motifs is 1. The van der Waals surface area contributed by atoms with Crippen LogP contribution < -0.4 is 14.8 Å². The number of nitrogens with zero attached hydrogens (tertiary/aromatic N) is 1. The van der Waals surface area contributed by atoms with Crippen molar-refractivity contribution in [2.75, 3.05) is 14.2 Å². The number of methoxy groups -OCH3 is 2. The van der Waals surface area contributed by atoms with Crippen LogP contribution in [0.15, 0.2) is 82.2 Å². The molecule has 0 saturated carbocycles. The van der Waals surface area contributed by atoms with Gasteiger partial charge in [0.05, 0.1) is 25.3 Å². The summed E-state index contributed by atoms with van der Waals surface area (Å²) in [5.74, 6) is 1.60. The SMILES string of the molecule is COc1ccc(-c2cc(=Nc3ccc(F)cc3)c3ccccc3o2)cc1OC. The molecule has 5 heteroatoms. The smallest absolute Gasteiger partial charge is 0.161 e. The number of para-hydroxylation sites is 1. The molecule has 140 valence electrons. The van der Waals surface area contributed by atoms with Gasteiger partial charge < -0.3 is 13.9 Å². The number of hydrogen-bond acceptors (Lipinski definition) is 4. The first-order chi connectivity index (χ1) is 13.7. The number of rotatable bonds is 4. The van der Waals surface area contributed by atoms with Gasteiger partial charge in [0.15, 0.2) is 11.5 Å². The summed E-state index contributed by atoms with van der Waals surface area (Å²) in [5.41, 5.74) is 2.20. The van der Waals surface area contributed by atoms with Gasteiger partial charge in [0.25, 0.3) is 0 Å². The van der Waals surface area contributed by atoms with Crippen molar-refractivity contribution in [1.29, 1.82) is 0 Å². The third kappa shape index (κ3) is 3.47. The minimum atomic E-state index is -0.294. The van der Waals surface area contributed by atoms with Crippen LogP contribution in [0.1, 0.15) is 0 Å². The van der Waals surface area contributed by atoms with E-state index in [4.69, 9.17) is 18.9 Å². The predicted molar refractivity (Wildman–Crippen MR) is 106 cm³/mol.